The quantitative estimate of drug-likeness (QED) is 0.531. The van der Waals surface area contributed by atoms with Gasteiger partial charge >= 0.3 is 0 Å². The van der Waals surface area contributed by atoms with Crippen LogP contribution in [0.25, 0.3) is 0 Å². The van der Waals surface area contributed by atoms with Gasteiger partial charge in [0, 0.05) is 0 Å². The summed E-state index contributed by atoms with van der Waals surface area (Å²) in [5.41, 5.74) is 1.46. The zero-order valence-corrected chi connectivity index (χ0v) is 10.6. The molecule has 0 fully saturated rings. The van der Waals surface area contributed by atoms with Gasteiger partial charge in [-0.1, -0.05) is 45.1 Å². The molecule has 0 nitrogen and oxygen atoms in total. The van der Waals surface area contributed by atoms with E-state index in [2.05, 4.69) is 39.5 Å². The molecule has 1 aliphatic rings. The van der Waals surface area contributed by atoms with Crippen molar-refractivity contribution >= 4 is 0 Å². The Balaban J connectivity index is 2.63. The van der Waals surface area contributed by atoms with Crippen molar-refractivity contribution in [1.82, 2.24) is 0 Å². The maximum absolute atomic E-state index is 4.18. The fourth-order valence-corrected chi connectivity index (χ4v) is 2.25. The summed E-state index contributed by atoms with van der Waals surface area (Å²) in [6.07, 6.45) is 11.3. The molecule has 86 valence electrons. The van der Waals surface area contributed by atoms with Crippen molar-refractivity contribution in [3.05, 3.63) is 24.3 Å². The lowest BCUT2D eigenvalue weighted by molar-refractivity contribution is 0.426. The van der Waals surface area contributed by atoms with Crippen LogP contribution in [-0.4, -0.2) is 0 Å². The van der Waals surface area contributed by atoms with Crippen LogP contribution in [0.15, 0.2) is 24.3 Å². The third-order valence-electron chi connectivity index (χ3n) is 3.56. The van der Waals surface area contributed by atoms with Gasteiger partial charge in [0.1, 0.15) is 0 Å². The molecule has 0 saturated carbocycles. The highest BCUT2D eigenvalue weighted by Crippen LogP contribution is 2.26. The van der Waals surface area contributed by atoms with E-state index >= 15 is 0 Å². The Kier molecular flexibility index (Phi) is 5.14. The van der Waals surface area contributed by atoms with Gasteiger partial charge in [-0.05, 0) is 49.9 Å². The van der Waals surface area contributed by atoms with E-state index in [4.69, 9.17) is 0 Å². The predicted octanol–water partition coefficient (Wildman–Crippen LogP) is 4.97. The standard InChI is InChI=1S/C15H26/c1-12(2)15-10-8-13(3)6-5-7-14(4)9-11-15/h9,11-12,14-15H,3,5-8,10H2,1-2,4H3/b11-9+. The van der Waals surface area contributed by atoms with Gasteiger partial charge in [0.25, 0.3) is 0 Å². The Bertz CT molecular complexity index is 222. The van der Waals surface area contributed by atoms with E-state index in [9.17, 15) is 0 Å². The summed E-state index contributed by atoms with van der Waals surface area (Å²) in [5, 5.41) is 0. The van der Waals surface area contributed by atoms with Gasteiger partial charge in [0.05, 0.1) is 0 Å². The molecular weight excluding hydrogens is 180 g/mol. The molecule has 0 N–H and O–H groups in total. The van der Waals surface area contributed by atoms with Crippen LogP contribution in [-0.2, 0) is 0 Å². The van der Waals surface area contributed by atoms with Crippen molar-refractivity contribution < 1.29 is 0 Å². The van der Waals surface area contributed by atoms with Crippen LogP contribution < -0.4 is 0 Å². The lowest BCUT2D eigenvalue weighted by Gasteiger charge is -2.20. The van der Waals surface area contributed by atoms with Crippen molar-refractivity contribution in [3.8, 4) is 0 Å². The summed E-state index contributed by atoms with van der Waals surface area (Å²) in [6, 6.07) is 0. The van der Waals surface area contributed by atoms with Gasteiger partial charge < -0.3 is 0 Å². The van der Waals surface area contributed by atoms with Crippen molar-refractivity contribution in [2.45, 2.75) is 52.9 Å². The largest absolute Gasteiger partial charge is 0.0999 e. The molecule has 2 atom stereocenters. The van der Waals surface area contributed by atoms with E-state index in [1.54, 1.807) is 0 Å². The Morgan fingerprint density at radius 3 is 2.60 bits per heavy atom. The highest BCUT2D eigenvalue weighted by atomic mass is 14.2. The van der Waals surface area contributed by atoms with Gasteiger partial charge in [0.15, 0.2) is 0 Å². The van der Waals surface area contributed by atoms with Crippen molar-refractivity contribution in [3.63, 3.8) is 0 Å². The molecule has 0 aromatic rings. The third kappa shape index (κ3) is 4.68. The summed E-state index contributed by atoms with van der Waals surface area (Å²) >= 11 is 0. The van der Waals surface area contributed by atoms with E-state index in [1.807, 2.05) is 0 Å². The van der Waals surface area contributed by atoms with E-state index in [-0.39, 0.29) is 0 Å². The Morgan fingerprint density at radius 2 is 1.93 bits per heavy atom. The average Bonchev–Trinajstić information content (AvgIpc) is 2.16. The van der Waals surface area contributed by atoms with Crippen molar-refractivity contribution in [1.29, 1.82) is 0 Å². The maximum atomic E-state index is 4.18. The fourth-order valence-electron chi connectivity index (χ4n) is 2.25. The highest BCUT2D eigenvalue weighted by Gasteiger charge is 2.12. The van der Waals surface area contributed by atoms with Crippen LogP contribution in [0.4, 0.5) is 0 Å². The van der Waals surface area contributed by atoms with E-state index < -0.39 is 0 Å². The normalized spacial score (nSPS) is 31.6. The molecule has 0 spiro atoms. The van der Waals surface area contributed by atoms with Gasteiger partial charge in [-0.15, -0.1) is 0 Å². The summed E-state index contributed by atoms with van der Waals surface area (Å²) in [4.78, 5) is 0. The molecule has 0 heterocycles. The first-order chi connectivity index (χ1) is 7.09. The topological polar surface area (TPSA) is 0 Å². The second-order valence-electron chi connectivity index (χ2n) is 5.45. The molecule has 0 saturated heterocycles. The molecule has 0 aliphatic heterocycles. The van der Waals surface area contributed by atoms with Crippen LogP contribution >= 0.6 is 0 Å². The number of rotatable bonds is 1. The minimum atomic E-state index is 0.747. The molecule has 1 rings (SSSR count). The molecule has 15 heavy (non-hydrogen) atoms. The average molecular weight is 206 g/mol. The lowest BCUT2D eigenvalue weighted by Crippen LogP contribution is -2.07. The van der Waals surface area contributed by atoms with Crippen LogP contribution in [0, 0.1) is 17.8 Å². The summed E-state index contributed by atoms with van der Waals surface area (Å²) < 4.78 is 0. The molecule has 1 aliphatic carbocycles. The molecule has 2 unspecified atom stereocenters. The third-order valence-corrected chi connectivity index (χ3v) is 3.56. The fraction of sp³-hybridized carbons (Fsp3) is 0.733. The number of hydrogen-bond acceptors (Lipinski definition) is 0. The van der Waals surface area contributed by atoms with Crippen molar-refractivity contribution in [2.24, 2.45) is 17.8 Å². The van der Waals surface area contributed by atoms with Crippen LogP contribution in [0.1, 0.15) is 52.9 Å². The minimum absolute atomic E-state index is 0.747. The van der Waals surface area contributed by atoms with Gasteiger partial charge in [-0.25, -0.2) is 0 Å². The smallest absolute Gasteiger partial charge is 0.0207 e. The van der Waals surface area contributed by atoms with Crippen LogP contribution in [0.2, 0.25) is 0 Å². The van der Waals surface area contributed by atoms with E-state index in [0.717, 1.165) is 17.8 Å². The summed E-state index contributed by atoms with van der Waals surface area (Å²) in [7, 11) is 0. The predicted molar refractivity (Wildman–Crippen MR) is 68.9 cm³/mol. The molecule has 0 heteroatoms. The van der Waals surface area contributed by atoms with E-state index in [0.29, 0.717) is 0 Å². The Labute approximate surface area is 95.5 Å². The molecule has 0 aromatic heterocycles. The molecule has 0 amide bonds. The molecule has 0 bridgehead atoms. The molecular formula is C15H26. The lowest BCUT2D eigenvalue weighted by atomic mass is 9.86. The summed E-state index contributed by atoms with van der Waals surface area (Å²) in [5.74, 6) is 2.26. The SMILES string of the molecule is C=C1CCCC(C)/C=C/C(C(C)C)CC1. The van der Waals surface area contributed by atoms with Crippen LogP contribution in [0.5, 0.6) is 0 Å². The first-order valence-electron chi connectivity index (χ1n) is 6.44. The zero-order valence-electron chi connectivity index (χ0n) is 10.6. The Morgan fingerprint density at radius 1 is 1.20 bits per heavy atom. The van der Waals surface area contributed by atoms with Crippen molar-refractivity contribution in [2.75, 3.05) is 0 Å². The maximum Gasteiger partial charge on any atom is -0.0207 e. The molecule has 0 radical (unpaired) electrons. The monoisotopic (exact) mass is 206 g/mol. The first-order valence-corrected chi connectivity index (χ1v) is 6.44. The second-order valence-corrected chi connectivity index (χ2v) is 5.45. The van der Waals surface area contributed by atoms with Gasteiger partial charge in [-0.2, -0.15) is 0 Å². The van der Waals surface area contributed by atoms with Gasteiger partial charge in [-0.3, -0.25) is 0 Å². The second kappa shape index (κ2) is 6.15. The van der Waals surface area contributed by atoms with Gasteiger partial charge in [0.2, 0.25) is 0 Å². The minimum Gasteiger partial charge on any atom is -0.0999 e. The zero-order chi connectivity index (χ0) is 11.3. The molecule has 0 aromatic carbocycles. The first kappa shape index (κ1) is 12.5. The number of allylic oxidation sites excluding steroid dienone is 3. The summed E-state index contributed by atoms with van der Waals surface area (Å²) in [6.45, 7) is 11.2. The Hall–Kier alpha value is -0.520. The van der Waals surface area contributed by atoms with Crippen LogP contribution in [0.3, 0.4) is 0 Å². The highest BCUT2D eigenvalue weighted by molar-refractivity contribution is 5.00. The number of hydrogen-bond donors (Lipinski definition) is 0. The van der Waals surface area contributed by atoms with E-state index in [1.165, 1.54) is 37.7 Å².